The molecule has 3 rings (SSSR count). The molecule has 0 aliphatic heterocycles. The Hall–Kier alpha value is -2.95. The molecule has 1 amide bonds. The van der Waals surface area contributed by atoms with Crippen molar-refractivity contribution >= 4 is 11.6 Å². The van der Waals surface area contributed by atoms with E-state index in [0.717, 1.165) is 35.2 Å². The van der Waals surface area contributed by atoms with E-state index in [-0.39, 0.29) is 11.8 Å². The van der Waals surface area contributed by atoms with Gasteiger partial charge in [0.05, 0.1) is 0 Å². The van der Waals surface area contributed by atoms with Crippen LogP contribution < -0.4 is 5.32 Å². The summed E-state index contributed by atoms with van der Waals surface area (Å²) in [6.07, 6.45) is 1.85. The maximum absolute atomic E-state index is 12.2. The molecule has 0 spiro atoms. The Kier molecular flexibility index (Phi) is 5.46. The number of carbonyl (C=O) groups excluding carboxylic acids is 1. The van der Waals surface area contributed by atoms with Crippen molar-refractivity contribution in [2.24, 2.45) is 5.92 Å². The molecule has 1 heterocycles. The number of hydrogen-bond acceptors (Lipinski definition) is 4. The molecule has 0 saturated carbocycles. The average Bonchev–Trinajstić information content (AvgIpc) is 3.12. The third-order valence-corrected chi connectivity index (χ3v) is 4.24. The minimum Gasteiger partial charge on any atom is -0.416 e. The number of anilines is 1. The molecule has 0 radical (unpaired) electrons. The van der Waals surface area contributed by atoms with Gasteiger partial charge in [0, 0.05) is 22.7 Å². The predicted octanol–water partition coefficient (Wildman–Crippen LogP) is 5.09. The monoisotopic (exact) mass is 349 g/mol. The number of carbonyl (C=O) groups is 1. The molecule has 0 bridgehead atoms. The van der Waals surface area contributed by atoms with Crippen LogP contribution in [0.1, 0.15) is 32.3 Å². The molecular formula is C21H23N3O2. The highest BCUT2D eigenvalue weighted by Crippen LogP contribution is 2.26. The van der Waals surface area contributed by atoms with E-state index in [2.05, 4.69) is 22.4 Å². The fourth-order valence-electron chi connectivity index (χ4n) is 2.79. The van der Waals surface area contributed by atoms with Crippen LogP contribution in [0, 0.1) is 12.8 Å². The molecule has 0 saturated heterocycles. The average molecular weight is 349 g/mol. The first kappa shape index (κ1) is 17.9. The summed E-state index contributed by atoms with van der Waals surface area (Å²) in [7, 11) is 0. The zero-order chi connectivity index (χ0) is 18.5. The molecule has 1 unspecified atom stereocenters. The third kappa shape index (κ3) is 4.17. The van der Waals surface area contributed by atoms with Gasteiger partial charge in [-0.3, -0.25) is 4.79 Å². The molecule has 26 heavy (non-hydrogen) atoms. The minimum atomic E-state index is -0.0139. The lowest BCUT2D eigenvalue weighted by molar-refractivity contribution is -0.119. The summed E-state index contributed by atoms with van der Waals surface area (Å²) in [5.41, 5.74) is 3.53. The van der Waals surface area contributed by atoms with E-state index in [4.69, 9.17) is 4.42 Å². The van der Waals surface area contributed by atoms with Crippen molar-refractivity contribution in [1.29, 1.82) is 0 Å². The topological polar surface area (TPSA) is 68.0 Å². The number of rotatable bonds is 6. The Balaban J connectivity index is 1.79. The molecule has 1 aromatic heterocycles. The molecule has 5 heteroatoms. The van der Waals surface area contributed by atoms with E-state index < -0.39 is 0 Å². The molecule has 0 aliphatic carbocycles. The maximum atomic E-state index is 12.2. The van der Waals surface area contributed by atoms with Crippen LogP contribution in [0.2, 0.25) is 0 Å². The Labute approximate surface area is 153 Å². The number of nitrogens with zero attached hydrogens (tertiary/aromatic N) is 2. The van der Waals surface area contributed by atoms with E-state index in [1.54, 1.807) is 0 Å². The summed E-state index contributed by atoms with van der Waals surface area (Å²) in [5.74, 6) is 0.920. The zero-order valence-corrected chi connectivity index (χ0v) is 15.3. The Morgan fingerprint density at radius 1 is 1.08 bits per heavy atom. The van der Waals surface area contributed by atoms with Gasteiger partial charge in [0.2, 0.25) is 17.7 Å². The number of amides is 1. The van der Waals surface area contributed by atoms with Crippen LogP contribution in [0.4, 0.5) is 5.69 Å². The normalized spacial score (nSPS) is 12.0. The summed E-state index contributed by atoms with van der Waals surface area (Å²) >= 11 is 0. The molecule has 2 aromatic carbocycles. The van der Waals surface area contributed by atoms with Gasteiger partial charge >= 0.3 is 0 Å². The molecule has 0 aliphatic rings. The summed E-state index contributed by atoms with van der Waals surface area (Å²) < 4.78 is 5.82. The van der Waals surface area contributed by atoms with Crippen LogP contribution in [0.3, 0.4) is 0 Å². The van der Waals surface area contributed by atoms with Gasteiger partial charge in [0.25, 0.3) is 0 Å². The first-order valence-electron chi connectivity index (χ1n) is 8.88. The Morgan fingerprint density at radius 3 is 2.38 bits per heavy atom. The fourth-order valence-corrected chi connectivity index (χ4v) is 2.79. The van der Waals surface area contributed by atoms with Crippen molar-refractivity contribution in [1.82, 2.24) is 10.2 Å². The molecule has 1 atom stereocenters. The van der Waals surface area contributed by atoms with Gasteiger partial charge in [-0.15, -0.1) is 10.2 Å². The molecule has 1 N–H and O–H groups in total. The quantitative estimate of drug-likeness (QED) is 0.673. The van der Waals surface area contributed by atoms with Crippen LogP contribution in [0.15, 0.2) is 52.9 Å². The summed E-state index contributed by atoms with van der Waals surface area (Å²) in [6, 6.07) is 15.4. The second-order valence-corrected chi connectivity index (χ2v) is 6.54. The van der Waals surface area contributed by atoms with Gasteiger partial charge in [0.1, 0.15) is 0 Å². The van der Waals surface area contributed by atoms with E-state index in [1.165, 1.54) is 0 Å². The van der Waals surface area contributed by atoms with Crippen molar-refractivity contribution in [2.45, 2.75) is 33.6 Å². The van der Waals surface area contributed by atoms with Gasteiger partial charge in [-0.25, -0.2) is 0 Å². The van der Waals surface area contributed by atoms with E-state index in [9.17, 15) is 4.79 Å². The fraction of sp³-hybridized carbons (Fsp3) is 0.286. The molecule has 134 valence electrons. The summed E-state index contributed by atoms with van der Waals surface area (Å²) in [4.78, 5) is 12.2. The van der Waals surface area contributed by atoms with Crippen LogP contribution in [-0.4, -0.2) is 16.1 Å². The highest BCUT2D eigenvalue weighted by atomic mass is 16.4. The highest BCUT2D eigenvalue weighted by molar-refractivity contribution is 5.92. The third-order valence-electron chi connectivity index (χ3n) is 4.24. The SMILES string of the molecule is CCCC(C)C(=O)Nc1cccc(-c2nnc(-c3cccc(C)c3)o2)c1. The maximum Gasteiger partial charge on any atom is 0.248 e. The predicted molar refractivity (Wildman–Crippen MR) is 103 cm³/mol. The van der Waals surface area contributed by atoms with Crippen molar-refractivity contribution in [2.75, 3.05) is 5.32 Å². The lowest BCUT2D eigenvalue weighted by Gasteiger charge is -2.11. The second-order valence-electron chi connectivity index (χ2n) is 6.54. The highest BCUT2D eigenvalue weighted by Gasteiger charge is 2.14. The lowest BCUT2D eigenvalue weighted by Crippen LogP contribution is -2.20. The van der Waals surface area contributed by atoms with Crippen molar-refractivity contribution < 1.29 is 9.21 Å². The lowest BCUT2D eigenvalue weighted by atomic mass is 10.1. The van der Waals surface area contributed by atoms with E-state index in [1.807, 2.05) is 62.4 Å². The van der Waals surface area contributed by atoms with Crippen LogP contribution in [0.25, 0.3) is 22.9 Å². The molecular weight excluding hydrogens is 326 g/mol. The van der Waals surface area contributed by atoms with Gasteiger partial charge in [0.15, 0.2) is 0 Å². The van der Waals surface area contributed by atoms with Gasteiger partial charge in [-0.1, -0.05) is 44.0 Å². The summed E-state index contributed by atoms with van der Waals surface area (Å²) in [5, 5.41) is 11.2. The van der Waals surface area contributed by atoms with Crippen molar-refractivity contribution in [3.8, 4) is 22.9 Å². The number of benzene rings is 2. The van der Waals surface area contributed by atoms with E-state index in [0.29, 0.717) is 11.8 Å². The van der Waals surface area contributed by atoms with Crippen LogP contribution >= 0.6 is 0 Å². The van der Waals surface area contributed by atoms with Gasteiger partial charge < -0.3 is 9.73 Å². The number of nitrogens with one attached hydrogen (secondary N) is 1. The van der Waals surface area contributed by atoms with Crippen LogP contribution in [-0.2, 0) is 4.79 Å². The first-order chi connectivity index (χ1) is 12.6. The van der Waals surface area contributed by atoms with Crippen LogP contribution in [0.5, 0.6) is 0 Å². The summed E-state index contributed by atoms with van der Waals surface area (Å²) in [6.45, 7) is 6.03. The number of hydrogen-bond donors (Lipinski definition) is 1. The number of aryl methyl sites for hydroxylation is 1. The van der Waals surface area contributed by atoms with Crippen molar-refractivity contribution in [3.05, 3.63) is 54.1 Å². The zero-order valence-electron chi connectivity index (χ0n) is 15.3. The van der Waals surface area contributed by atoms with Crippen molar-refractivity contribution in [3.63, 3.8) is 0 Å². The molecule has 3 aromatic rings. The molecule has 0 fully saturated rings. The largest absolute Gasteiger partial charge is 0.416 e. The van der Waals surface area contributed by atoms with Gasteiger partial charge in [-0.2, -0.15) is 0 Å². The standard InChI is InChI=1S/C21H23N3O2/c1-4-7-15(3)19(25)22-18-11-6-10-17(13-18)21-24-23-20(26-21)16-9-5-8-14(2)12-16/h5-6,8-13,15H,4,7H2,1-3H3,(H,22,25). The first-order valence-corrected chi connectivity index (χ1v) is 8.88. The number of aromatic nitrogens is 2. The second kappa shape index (κ2) is 7.95. The smallest absolute Gasteiger partial charge is 0.248 e. The van der Waals surface area contributed by atoms with Gasteiger partial charge in [-0.05, 0) is 43.7 Å². The molecule has 5 nitrogen and oxygen atoms in total. The minimum absolute atomic E-state index is 0.0139. The Morgan fingerprint density at radius 2 is 1.73 bits per heavy atom. The Bertz CT molecular complexity index is 902. The van der Waals surface area contributed by atoms with E-state index >= 15 is 0 Å².